The van der Waals surface area contributed by atoms with Gasteiger partial charge in [0.1, 0.15) is 0 Å². The highest BCUT2D eigenvalue weighted by molar-refractivity contribution is 6.20. The Labute approximate surface area is 115 Å². The van der Waals surface area contributed by atoms with Crippen LogP contribution in [0.3, 0.4) is 0 Å². The van der Waals surface area contributed by atoms with Gasteiger partial charge in [0, 0.05) is 19.6 Å². The summed E-state index contributed by atoms with van der Waals surface area (Å²) in [4.78, 5) is 2.33. The molecular formula is C15H21ClN2. The number of halogens is 1. The topological polar surface area (TPSA) is 15.3 Å². The average Bonchev–Trinajstić information content (AvgIpc) is 2.38. The second-order valence-electron chi connectivity index (χ2n) is 4.92. The molecule has 3 heteroatoms. The first-order chi connectivity index (χ1) is 8.74. The molecule has 1 aliphatic heterocycles. The van der Waals surface area contributed by atoms with E-state index < -0.39 is 0 Å². The predicted molar refractivity (Wildman–Crippen MR) is 77.7 cm³/mol. The molecular weight excluding hydrogens is 244 g/mol. The number of nitrogens with zero attached hydrogens (tertiary/aromatic N) is 1. The van der Waals surface area contributed by atoms with Crippen molar-refractivity contribution in [3.8, 4) is 0 Å². The van der Waals surface area contributed by atoms with Crippen molar-refractivity contribution >= 4 is 11.6 Å². The quantitative estimate of drug-likeness (QED) is 0.511. The van der Waals surface area contributed by atoms with Crippen LogP contribution < -0.4 is 5.32 Å². The van der Waals surface area contributed by atoms with E-state index in [-0.39, 0.29) is 5.50 Å². The SMILES string of the molecule is CN(C/C=C1/CCNC(Cl)C1)Cc1ccccc1. The van der Waals surface area contributed by atoms with Gasteiger partial charge in [-0.1, -0.05) is 42.0 Å². The van der Waals surface area contributed by atoms with Crippen molar-refractivity contribution in [3.05, 3.63) is 47.5 Å². The van der Waals surface area contributed by atoms with Crippen LogP contribution in [0.1, 0.15) is 18.4 Å². The van der Waals surface area contributed by atoms with Gasteiger partial charge >= 0.3 is 0 Å². The number of likely N-dealkylation sites (N-methyl/N-ethyl adjacent to an activating group) is 1. The zero-order valence-electron chi connectivity index (χ0n) is 10.9. The van der Waals surface area contributed by atoms with Crippen molar-refractivity contribution in [3.63, 3.8) is 0 Å². The van der Waals surface area contributed by atoms with Crippen molar-refractivity contribution in [2.75, 3.05) is 20.1 Å². The summed E-state index contributed by atoms with van der Waals surface area (Å²) in [5, 5.41) is 3.25. The summed E-state index contributed by atoms with van der Waals surface area (Å²) in [6.45, 7) is 2.99. The van der Waals surface area contributed by atoms with Crippen LogP contribution >= 0.6 is 11.6 Å². The molecule has 1 aromatic rings. The van der Waals surface area contributed by atoms with E-state index in [0.717, 1.165) is 32.5 Å². The minimum absolute atomic E-state index is 0.115. The first-order valence-corrected chi connectivity index (χ1v) is 6.95. The summed E-state index contributed by atoms with van der Waals surface area (Å²) in [6.07, 6.45) is 4.43. The second-order valence-corrected chi connectivity index (χ2v) is 5.45. The molecule has 1 unspecified atom stereocenters. The molecule has 1 atom stereocenters. The number of benzene rings is 1. The molecule has 1 heterocycles. The number of rotatable bonds is 4. The van der Waals surface area contributed by atoms with E-state index in [1.165, 1.54) is 11.1 Å². The first kappa shape index (κ1) is 13.6. The van der Waals surface area contributed by atoms with Gasteiger partial charge < -0.3 is 5.32 Å². The van der Waals surface area contributed by atoms with E-state index in [1.807, 2.05) is 0 Å². The Kier molecular flexibility index (Phi) is 5.24. The van der Waals surface area contributed by atoms with E-state index in [4.69, 9.17) is 11.6 Å². The van der Waals surface area contributed by atoms with Crippen molar-refractivity contribution < 1.29 is 0 Å². The Balaban J connectivity index is 1.80. The summed E-state index contributed by atoms with van der Waals surface area (Å²) >= 11 is 6.09. The molecule has 18 heavy (non-hydrogen) atoms. The molecule has 0 spiro atoms. The zero-order valence-corrected chi connectivity index (χ0v) is 11.7. The molecule has 1 fully saturated rings. The van der Waals surface area contributed by atoms with E-state index in [0.29, 0.717) is 0 Å². The van der Waals surface area contributed by atoms with Gasteiger partial charge in [0.05, 0.1) is 5.50 Å². The van der Waals surface area contributed by atoms with Crippen LogP contribution in [0.5, 0.6) is 0 Å². The number of hydrogen-bond acceptors (Lipinski definition) is 2. The van der Waals surface area contributed by atoms with Gasteiger partial charge in [0.25, 0.3) is 0 Å². The van der Waals surface area contributed by atoms with Crippen LogP contribution in [-0.4, -0.2) is 30.5 Å². The predicted octanol–water partition coefficient (Wildman–Crippen LogP) is 2.99. The van der Waals surface area contributed by atoms with Gasteiger partial charge in [-0.05, 0) is 25.5 Å². The minimum atomic E-state index is 0.115. The third kappa shape index (κ3) is 4.45. The summed E-state index contributed by atoms with van der Waals surface area (Å²) in [5.74, 6) is 0. The molecule has 98 valence electrons. The van der Waals surface area contributed by atoms with Crippen molar-refractivity contribution in [1.29, 1.82) is 0 Å². The largest absolute Gasteiger partial charge is 0.301 e. The highest BCUT2D eigenvalue weighted by atomic mass is 35.5. The maximum Gasteiger partial charge on any atom is 0.0863 e. The Hall–Kier alpha value is -0.830. The van der Waals surface area contributed by atoms with Crippen LogP contribution in [0.4, 0.5) is 0 Å². The van der Waals surface area contributed by atoms with Crippen molar-refractivity contribution in [1.82, 2.24) is 10.2 Å². The lowest BCUT2D eigenvalue weighted by Crippen LogP contribution is -2.30. The molecule has 0 saturated carbocycles. The fourth-order valence-electron chi connectivity index (χ4n) is 2.22. The molecule has 0 amide bonds. The van der Waals surface area contributed by atoms with Gasteiger partial charge in [-0.15, -0.1) is 11.6 Å². The standard InChI is InChI=1S/C15H21ClN2/c1-18(12-14-5-3-2-4-6-14)10-8-13-7-9-17-15(16)11-13/h2-6,8,15,17H,7,9-12H2,1H3/b13-8-. The Morgan fingerprint density at radius 1 is 1.39 bits per heavy atom. The molecule has 1 aliphatic rings. The normalized spacial score (nSPS) is 22.6. The monoisotopic (exact) mass is 264 g/mol. The highest BCUT2D eigenvalue weighted by Crippen LogP contribution is 2.17. The van der Waals surface area contributed by atoms with Gasteiger partial charge in [-0.25, -0.2) is 0 Å². The molecule has 1 saturated heterocycles. The van der Waals surface area contributed by atoms with Crippen LogP contribution in [0.2, 0.25) is 0 Å². The minimum Gasteiger partial charge on any atom is -0.301 e. The molecule has 0 aromatic heterocycles. The number of hydrogen-bond donors (Lipinski definition) is 1. The molecule has 0 radical (unpaired) electrons. The summed E-state index contributed by atoms with van der Waals surface area (Å²) in [5.41, 5.74) is 2.96. The van der Waals surface area contributed by atoms with Crippen molar-refractivity contribution in [2.45, 2.75) is 24.9 Å². The van der Waals surface area contributed by atoms with Crippen LogP contribution in [0.25, 0.3) is 0 Å². The summed E-state index contributed by atoms with van der Waals surface area (Å²) < 4.78 is 0. The lowest BCUT2D eigenvalue weighted by atomic mass is 10.1. The fourth-order valence-corrected chi connectivity index (χ4v) is 2.53. The Morgan fingerprint density at radius 3 is 2.89 bits per heavy atom. The van der Waals surface area contributed by atoms with Crippen LogP contribution in [-0.2, 0) is 6.54 Å². The molecule has 1 N–H and O–H groups in total. The van der Waals surface area contributed by atoms with E-state index in [1.54, 1.807) is 0 Å². The Morgan fingerprint density at radius 2 is 2.17 bits per heavy atom. The van der Waals surface area contributed by atoms with E-state index in [9.17, 15) is 0 Å². The third-order valence-corrected chi connectivity index (χ3v) is 3.55. The molecule has 0 bridgehead atoms. The first-order valence-electron chi connectivity index (χ1n) is 6.52. The molecule has 2 rings (SSSR count). The lowest BCUT2D eigenvalue weighted by molar-refractivity contribution is 0.361. The fraction of sp³-hybridized carbons (Fsp3) is 0.467. The molecule has 2 nitrogen and oxygen atoms in total. The smallest absolute Gasteiger partial charge is 0.0863 e. The highest BCUT2D eigenvalue weighted by Gasteiger charge is 2.12. The van der Waals surface area contributed by atoms with Gasteiger partial charge in [0.15, 0.2) is 0 Å². The molecule has 0 aliphatic carbocycles. The maximum absolute atomic E-state index is 6.09. The van der Waals surface area contributed by atoms with Gasteiger partial charge in [-0.2, -0.15) is 0 Å². The lowest BCUT2D eigenvalue weighted by Gasteiger charge is -2.22. The third-order valence-electron chi connectivity index (χ3n) is 3.24. The zero-order chi connectivity index (χ0) is 12.8. The molecule has 1 aromatic carbocycles. The summed E-state index contributed by atoms with van der Waals surface area (Å²) in [6, 6.07) is 10.6. The van der Waals surface area contributed by atoms with E-state index >= 15 is 0 Å². The summed E-state index contributed by atoms with van der Waals surface area (Å²) in [7, 11) is 2.16. The Bertz CT molecular complexity index is 389. The van der Waals surface area contributed by atoms with Crippen LogP contribution in [0, 0.1) is 0 Å². The number of piperidine rings is 1. The van der Waals surface area contributed by atoms with Gasteiger partial charge in [-0.3, -0.25) is 4.90 Å². The second kappa shape index (κ2) is 6.93. The average molecular weight is 265 g/mol. The van der Waals surface area contributed by atoms with Gasteiger partial charge in [0.2, 0.25) is 0 Å². The van der Waals surface area contributed by atoms with Crippen molar-refractivity contribution in [2.24, 2.45) is 0 Å². The van der Waals surface area contributed by atoms with Crippen LogP contribution in [0.15, 0.2) is 42.0 Å². The maximum atomic E-state index is 6.09. The number of alkyl halides is 1. The number of nitrogens with one attached hydrogen (secondary N) is 1. The van der Waals surface area contributed by atoms with E-state index in [2.05, 4.69) is 53.7 Å².